The molecule has 0 saturated heterocycles. The van der Waals surface area contributed by atoms with Crippen LogP contribution in [0.4, 0.5) is 0 Å². The lowest BCUT2D eigenvalue weighted by molar-refractivity contribution is 0.407. The van der Waals surface area contributed by atoms with Gasteiger partial charge in [0.1, 0.15) is 0 Å². The van der Waals surface area contributed by atoms with Gasteiger partial charge in [0.2, 0.25) is 0 Å². The largest absolute Gasteiger partial charge is 0.333 e. The van der Waals surface area contributed by atoms with Crippen LogP contribution in [0.25, 0.3) is 0 Å². The van der Waals surface area contributed by atoms with Crippen molar-refractivity contribution in [1.29, 1.82) is 0 Å². The van der Waals surface area contributed by atoms with Gasteiger partial charge in [-0.2, -0.15) is 0 Å². The summed E-state index contributed by atoms with van der Waals surface area (Å²) in [5.74, 6) is 0.748. The Hall–Kier alpha value is -0.680. The van der Waals surface area contributed by atoms with Crippen LogP contribution in [-0.4, -0.2) is 32.8 Å². The van der Waals surface area contributed by atoms with Gasteiger partial charge in [-0.05, 0) is 27.3 Å². The lowest BCUT2D eigenvalue weighted by Gasteiger charge is -2.25. The van der Waals surface area contributed by atoms with Crippen molar-refractivity contribution < 1.29 is 4.21 Å². The number of nitrogens with one attached hydrogen (secondary N) is 1. The summed E-state index contributed by atoms with van der Waals surface area (Å²) in [5.41, 5.74) is 1.08. The number of aromatic nitrogens is 2. The summed E-state index contributed by atoms with van der Waals surface area (Å²) < 4.78 is 13.1. The summed E-state index contributed by atoms with van der Waals surface area (Å²) in [5, 5.41) is 3.26. The van der Waals surface area contributed by atoms with Crippen LogP contribution < -0.4 is 5.32 Å². The zero-order chi connectivity index (χ0) is 12.2. The zero-order valence-electron chi connectivity index (χ0n) is 10.5. The Bertz CT molecular complexity index is 360. The minimum absolute atomic E-state index is 0.0815. The second kappa shape index (κ2) is 5.59. The van der Waals surface area contributed by atoms with E-state index in [9.17, 15) is 4.21 Å². The Morgan fingerprint density at radius 3 is 2.81 bits per heavy atom. The van der Waals surface area contributed by atoms with Crippen molar-refractivity contribution in [2.45, 2.75) is 32.4 Å². The van der Waals surface area contributed by atoms with Crippen molar-refractivity contribution in [3.05, 3.63) is 18.2 Å². The third-order valence-corrected chi connectivity index (χ3v) is 3.67. The van der Waals surface area contributed by atoms with Crippen LogP contribution in [0.3, 0.4) is 0 Å². The Morgan fingerprint density at radius 2 is 2.25 bits per heavy atom. The van der Waals surface area contributed by atoms with E-state index in [1.165, 1.54) is 0 Å². The fourth-order valence-electron chi connectivity index (χ4n) is 1.59. The molecule has 1 N–H and O–H groups in total. The Labute approximate surface area is 99.9 Å². The van der Waals surface area contributed by atoms with E-state index in [0.717, 1.165) is 24.4 Å². The maximum absolute atomic E-state index is 11.0. The van der Waals surface area contributed by atoms with Crippen molar-refractivity contribution >= 4 is 10.8 Å². The maximum Gasteiger partial charge on any atom is 0.0948 e. The van der Waals surface area contributed by atoms with Crippen LogP contribution in [0.5, 0.6) is 0 Å². The molecule has 1 rings (SSSR count). The van der Waals surface area contributed by atoms with Crippen LogP contribution in [0.1, 0.15) is 26.0 Å². The number of hydrogen-bond acceptors (Lipinski definition) is 3. The van der Waals surface area contributed by atoms with Gasteiger partial charge in [0.15, 0.2) is 0 Å². The summed E-state index contributed by atoms with van der Waals surface area (Å²) >= 11 is 0. The Balaban J connectivity index is 2.67. The van der Waals surface area contributed by atoms with Gasteiger partial charge in [0.05, 0.1) is 17.6 Å². The summed E-state index contributed by atoms with van der Waals surface area (Å²) in [7, 11) is 1.24. The highest BCUT2D eigenvalue weighted by atomic mass is 32.2. The molecule has 1 atom stereocenters. The number of imidazole rings is 1. The average Bonchev–Trinajstić information content (AvgIpc) is 2.66. The topological polar surface area (TPSA) is 46.9 Å². The molecule has 92 valence electrons. The van der Waals surface area contributed by atoms with E-state index in [1.54, 1.807) is 6.26 Å². The molecule has 4 nitrogen and oxygen atoms in total. The second-order valence-corrected chi connectivity index (χ2v) is 6.03. The van der Waals surface area contributed by atoms with Crippen molar-refractivity contribution in [3.8, 4) is 0 Å². The molecule has 0 amide bonds. The van der Waals surface area contributed by atoms with Gasteiger partial charge in [-0.3, -0.25) is 4.21 Å². The van der Waals surface area contributed by atoms with Crippen molar-refractivity contribution in [2.75, 3.05) is 19.1 Å². The minimum atomic E-state index is -0.706. The second-order valence-electron chi connectivity index (χ2n) is 4.48. The van der Waals surface area contributed by atoms with E-state index in [4.69, 9.17) is 0 Å². The molecule has 1 aromatic heterocycles. The predicted molar refractivity (Wildman–Crippen MR) is 67.9 cm³/mol. The SMILES string of the molecule is CNC(C)(C)c1cncn1CCCS(C)=O. The average molecular weight is 243 g/mol. The van der Waals surface area contributed by atoms with Crippen molar-refractivity contribution in [1.82, 2.24) is 14.9 Å². The van der Waals surface area contributed by atoms with Gasteiger partial charge in [0, 0.05) is 35.5 Å². The number of aryl methyl sites for hydroxylation is 1. The van der Waals surface area contributed by atoms with Crippen LogP contribution in [0, 0.1) is 0 Å². The molecule has 1 heterocycles. The van der Waals surface area contributed by atoms with Gasteiger partial charge < -0.3 is 9.88 Å². The third kappa shape index (κ3) is 3.42. The van der Waals surface area contributed by atoms with Crippen molar-refractivity contribution in [2.24, 2.45) is 0 Å². The molecular formula is C11H21N3OS. The summed E-state index contributed by atoms with van der Waals surface area (Å²) in [4.78, 5) is 4.18. The highest BCUT2D eigenvalue weighted by molar-refractivity contribution is 7.84. The summed E-state index contributed by atoms with van der Waals surface area (Å²) in [6, 6.07) is 0. The highest BCUT2D eigenvalue weighted by Gasteiger charge is 2.21. The van der Waals surface area contributed by atoms with Gasteiger partial charge in [0.25, 0.3) is 0 Å². The molecule has 0 spiro atoms. The van der Waals surface area contributed by atoms with Gasteiger partial charge >= 0.3 is 0 Å². The smallest absolute Gasteiger partial charge is 0.0948 e. The lowest BCUT2D eigenvalue weighted by atomic mass is 10.0. The molecule has 0 aromatic carbocycles. The number of hydrogen-bond donors (Lipinski definition) is 1. The first-order chi connectivity index (χ1) is 7.47. The maximum atomic E-state index is 11.0. The summed E-state index contributed by atoms with van der Waals surface area (Å²) in [6.07, 6.45) is 6.39. The number of rotatable bonds is 6. The molecule has 0 aliphatic heterocycles. The van der Waals surface area contributed by atoms with Crippen LogP contribution in [0.2, 0.25) is 0 Å². The predicted octanol–water partition coefficient (Wildman–Crippen LogP) is 1.11. The van der Waals surface area contributed by atoms with Gasteiger partial charge in [-0.25, -0.2) is 4.98 Å². The quantitative estimate of drug-likeness (QED) is 0.814. The highest BCUT2D eigenvalue weighted by Crippen LogP contribution is 2.18. The lowest BCUT2D eigenvalue weighted by Crippen LogP contribution is -2.35. The first-order valence-corrected chi connectivity index (χ1v) is 7.19. The van der Waals surface area contributed by atoms with E-state index >= 15 is 0 Å². The van der Waals surface area contributed by atoms with E-state index in [1.807, 2.05) is 19.6 Å². The molecule has 16 heavy (non-hydrogen) atoms. The Morgan fingerprint density at radius 1 is 1.56 bits per heavy atom. The van der Waals surface area contributed by atoms with Gasteiger partial charge in [-0.15, -0.1) is 0 Å². The number of nitrogens with zero attached hydrogens (tertiary/aromatic N) is 2. The first-order valence-electron chi connectivity index (χ1n) is 5.47. The zero-order valence-corrected chi connectivity index (χ0v) is 11.3. The van der Waals surface area contributed by atoms with E-state index in [0.29, 0.717) is 0 Å². The molecule has 1 aromatic rings. The molecule has 0 radical (unpaired) electrons. The fourth-order valence-corrected chi connectivity index (χ4v) is 2.12. The van der Waals surface area contributed by atoms with E-state index < -0.39 is 10.8 Å². The van der Waals surface area contributed by atoms with E-state index in [2.05, 4.69) is 28.7 Å². The van der Waals surface area contributed by atoms with Crippen LogP contribution in [0.15, 0.2) is 12.5 Å². The minimum Gasteiger partial charge on any atom is -0.333 e. The van der Waals surface area contributed by atoms with Crippen LogP contribution >= 0.6 is 0 Å². The normalized spacial score (nSPS) is 14.0. The fraction of sp³-hybridized carbons (Fsp3) is 0.727. The molecule has 0 fully saturated rings. The Kier molecular flexibility index (Phi) is 4.68. The molecule has 0 bridgehead atoms. The summed E-state index contributed by atoms with van der Waals surface area (Å²) in [6.45, 7) is 5.12. The molecule has 0 aliphatic carbocycles. The standard InChI is InChI=1S/C11H21N3OS/c1-11(2,12-3)10-8-13-9-14(10)6-5-7-16(4)15/h8-9,12H,5-7H2,1-4H3. The molecule has 0 aliphatic rings. The molecular weight excluding hydrogens is 222 g/mol. The molecule has 1 unspecified atom stereocenters. The van der Waals surface area contributed by atoms with Gasteiger partial charge in [-0.1, -0.05) is 0 Å². The van der Waals surface area contributed by atoms with E-state index in [-0.39, 0.29) is 5.54 Å². The molecule has 0 saturated carbocycles. The third-order valence-electron chi connectivity index (χ3n) is 2.81. The van der Waals surface area contributed by atoms with Crippen LogP contribution in [-0.2, 0) is 22.9 Å². The first kappa shape index (κ1) is 13.4. The van der Waals surface area contributed by atoms with Crippen molar-refractivity contribution in [3.63, 3.8) is 0 Å². The molecule has 5 heteroatoms. The monoisotopic (exact) mass is 243 g/mol.